The fraction of sp³-hybridized carbons (Fsp3) is 0.714. The van der Waals surface area contributed by atoms with Gasteiger partial charge in [-0.3, -0.25) is 0 Å². The Morgan fingerprint density at radius 2 is 2.15 bits per heavy atom. The van der Waals surface area contributed by atoms with Crippen molar-refractivity contribution in [2.75, 3.05) is 7.05 Å². The highest BCUT2D eigenvalue weighted by atomic mass is 32.2. The van der Waals surface area contributed by atoms with E-state index in [0.29, 0.717) is 11.6 Å². The van der Waals surface area contributed by atoms with Gasteiger partial charge in [0, 0.05) is 32.0 Å². The third-order valence-corrected chi connectivity index (χ3v) is 6.22. The molecule has 0 bridgehead atoms. The first-order chi connectivity index (χ1) is 9.36. The SMILES string of the molecule is CC1CCCC(N(C)S(=O)(=O)c2cc(CO)n(C)c2)C1. The molecule has 2 unspecified atom stereocenters. The van der Waals surface area contributed by atoms with Gasteiger partial charge in [0.1, 0.15) is 4.90 Å². The molecule has 1 N–H and O–H groups in total. The van der Waals surface area contributed by atoms with Crippen LogP contribution in [0.5, 0.6) is 0 Å². The van der Waals surface area contributed by atoms with Crippen LogP contribution in [0.15, 0.2) is 17.2 Å². The molecule has 1 aromatic heterocycles. The average Bonchev–Trinajstić information content (AvgIpc) is 2.79. The van der Waals surface area contributed by atoms with E-state index in [1.807, 2.05) is 0 Å². The van der Waals surface area contributed by atoms with Gasteiger partial charge in [0.2, 0.25) is 10.0 Å². The lowest BCUT2D eigenvalue weighted by atomic mass is 9.87. The standard InChI is InChI=1S/C14H24N2O3S/c1-11-5-4-6-12(7-11)16(3)20(18,19)14-8-13(10-17)15(2)9-14/h8-9,11-12,17H,4-7,10H2,1-3H3. The van der Waals surface area contributed by atoms with Gasteiger partial charge in [-0.25, -0.2) is 8.42 Å². The Morgan fingerprint density at radius 1 is 1.45 bits per heavy atom. The predicted octanol–water partition coefficient (Wildman–Crippen LogP) is 1.72. The van der Waals surface area contributed by atoms with Crippen LogP contribution in [0.4, 0.5) is 0 Å². The van der Waals surface area contributed by atoms with Gasteiger partial charge in [-0.05, 0) is 24.8 Å². The van der Waals surface area contributed by atoms with Gasteiger partial charge in [-0.2, -0.15) is 4.31 Å². The molecule has 0 radical (unpaired) electrons. The molecule has 2 atom stereocenters. The minimum atomic E-state index is -3.47. The molecule has 114 valence electrons. The van der Waals surface area contributed by atoms with E-state index in [2.05, 4.69) is 6.92 Å². The fourth-order valence-electron chi connectivity index (χ4n) is 2.97. The second-order valence-electron chi connectivity index (χ2n) is 5.88. The van der Waals surface area contributed by atoms with E-state index >= 15 is 0 Å². The van der Waals surface area contributed by atoms with Gasteiger partial charge < -0.3 is 9.67 Å². The van der Waals surface area contributed by atoms with Crippen molar-refractivity contribution in [3.8, 4) is 0 Å². The molecular weight excluding hydrogens is 276 g/mol. The van der Waals surface area contributed by atoms with Crippen molar-refractivity contribution in [1.29, 1.82) is 0 Å². The van der Waals surface area contributed by atoms with Crippen LogP contribution < -0.4 is 0 Å². The third-order valence-electron chi connectivity index (χ3n) is 4.34. The summed E-state index contributed by atoms with van der Waals surface area (Å²) in [6, 6.07) is 1.64. The molecule has 0 amide bonds. The zero-order chi connectivity index (χ0) is 14.9. The Morgan fingerprint density at radius 3 is 2.70 bits per heavy atom. The van der Waals surface area contributed by atoms with Gasteiger partial charge in [0.25, 0.3) is 0 Å². The Hall–Kier alpha value is -0.850. The van der Waals surface area contributed by atoms with Crippen molar-refractivity contribution in [1.82, 2.24) is 8.87 Å². The van der Waals surface area contributed by atoms with E-state index in [4.69, 9.17) is 0 Å². The lowest BCUT2D eigenvalue weighted by molar-refractivity contribution is 0.239. The molecule has 0 aromatic carbocycles. The zero-order valence-electron chi connectivity index (χ0n) is 12.4. The van der Waals surface area contributed by atoms with Crippen molar-refractivity contribution in [2.45, 2.75) is 50.2 Å². The van der Waals surface area contributed by atoms with Crippen LogP contribution in [0.25, 0.3) is 0 Å². The molecule has 1 aliphatic carbocycles. The minimum Gasteiger partial charge on any atom is -0.390 e. The van der Waals surface area contributed by atoms with E-state index in [0.717, 1.165) is 19.3 Å². The lowest BCUT2D eigenvalue weighted by Gasteiger charge is -2.33. The molecule has 1 saturated carbocycles. The summed E-state index contributed by atoms with van der Waals surface area (Å²) in [6.45, 7) is 2.02. The normalized spacial score (nSPS) is 24.2. The maximum absolute atomic E-state index is 12.7. The summed E-state index contributed by atoms with van der Waals surface area (Å²) in [7, 11) is -0.0588. The second kappa shape index (κ2) is 5.87. The number of hydrogen-bond donors (Lipinski definition) is 1. The Labute approximate surface area is 121 Å². The summed E-state index contributed by atoms with van der Waals surface area (Å²) in [6.07, 6.45) is 5.70. The van der Waals surface area contributed by atoms with Crippen molar-refractivity contribution in [3.63, 3.8) is 0 Å². The Kier molecular flexibility index (Phi) is 4.56. The molecule has 1 fully saturated rings. The second-order valence-corrected chi connectivity index (χ2v) is 7.88. The molecule has 0 spiro atoms. The van der Waals surface area contributed by atoms with Crippen LogP contribution in [0, 0.1) is 5.92 Å². The van der Waals surface area contributed by atoms with Crippen molar-refractivity contribution >= 4 is 10.0 Å². The number of aryl methyl sites for hydroxylation is 1. The Balaban J connectivity index is 2.24. The topological polar surface area (TPSA) is 62.5 Å². The molecule has 6 heteroatoms. The smallest absolute Gasteiger partial charge is 0.244 e. The number of aliphatic hydroxyl groups excluding tert-OH is 1. The maximum atomic E-state index is 12.7. The first-order valence-corrected chi connectivity index (χ1v) is 8.54. The van der Waals surface area contributed by atoms with E-state index in [1.165, 1.54) is 10.7 Å². The molecule has 2 rings (SSSR count). The quantitative estimate of drug-likeness (QED) is 0.921. The molecule has 20 heavy (non-hydrogen) atoms. The fourth-order valence-corrected chi connectivity index (χ4v) is 4.46. The predicted molar refractivity (Wildman–Crippen MR) is 77.7 cm³/mol. The first-order valence-electron chi connectivity index (χ1n) is 7.10. The molecule has 5 nitrogen and oxygen atoms in total. The molecule has 1 aliphatic rings. The van der Waals surface area contributed by atoms with E-state index in [9.17, 15) is 13.5 Å². The van der Waals surface area contributed by atoms with Crippen molar-refractivity contribution in [2.24, 2.45) is 13.0 Å². The third kappa shape index (κ3) is 2.92. The molecule has 1 heterocycles. The number of hydrogen-bond acceptors (Lipinski definition) is 3. The summed E-state index contributed by atoms with van der Waals surface area (Å²) in [4.78, 5) is 0.268. The number of nitrogens with zero attached hydrogens (tertiary/aromatic N) is 2. The van der Waals surface area contributed by atoms with Gasteiger partial charge in [0.15, 0.2) is 0 Å². The van der Waals surface area contributed by atoms with Gasteiger partial charge in [-0.1, -0.05) is 19.8 Å². The lowest BCUT2D eigenvalue weighted by Crippen LogP contribution is -2.39. The molecule has 0 saturated heterocycles. The van der Waals surface area contributed by atoms with Crippen molar-refractivity contribution < 1.29 is 13.5 Å². The number of sulfonamides is 1. The van der Waals surface area contributed by atoms with E-state index in [-0.39, 0.29) is 17.5 Å². The van der Waals surface area contributed by atoms with Gasteiger partial charge in [0.05, 0.1) is 6.61 Å². The zero-order valence-corrected chi connectivity index (χ0v) is 13.2. The highest BCUT2D eigenvalue weighted by Gasteiger charge is 2.31. The summed E-state index contributed by atoms with van der Waals surface area (Å²) in [5, 5.41) is 9.19. The number of aliphatic hydroxyl groups is 1. The molecular formula is C14H24N2O3S. The monoisotopic (exact) mass is 300 g/mol. The van der Waals surface area contributed by atoms with Crippen LogP contribution in [0.3, 0.4) is 0 Å². The van der Waals surface area contributed by atoms with Crippen LogP contribution in [-0.2, 0) is 23.7 Å². The van der Waals surface area contributed by atoms with Crippen LogP contribution in [0.2, 0.25) is 0 Å². The summed E-state index contributed by atoms with van der Waals surface area (Å²) < 4.78 is 28.5. The number of aromatic nitrogens is 1. The van der Waals surface area contributed by atoms with Crippen LogP contribution in [-0.4, -0.2) is 35.5 Å². The number of rotatable bonds is 4. The van der Waals surface area contributed by atoms with E-state index in [1.54, 1.807) is 30.9 Å². The molecule has 1 aromatic rings. The summed E-state index contributed by atoms with van der Waals surface area (Å²) >= 11 is 0. The van der Waals surface area contributed by atoms with Crippen LogP contribution >= 0.6 is 0 Å². The summed E-state index contributed by atoms with van der Waals surface area (Å²) in [5.41, 5.74) is 0.606. The first kappa shape index (κ1) is 15.5. The van der Waals surface area contributed by atoms with Crippen LogP contribution in [0.1, 0.15) is 38.3 Å². The largest absolute Gasteiger partial charge is 0.390 e. The van der Waals surface area contributed by atoms with Crippen molar-refractivity contribution in [3.05, 3.63) is 18.0 Å². The van der Waals surface area contributed by atoms with Gasteiger partial charge >= 0.3 is 0 Å². The Bertz CT molecular complexity index is 565. The maximum Gasteiger partial charge on any atom is 0.244 e. The van der Waals surface area contributed by atoms with E-state index < -0.39 is 10.0 Å². The highest BCUT2D eigenvalue weighted by molar-refractivity contribution is 7.89. The average molecular weight is 300 g/mol. The summed E-state index contributed by atoms with van der Waals surface area (Å²) in [5.74, 6) is 0.579. The van der Waals surface area contributed by atoms with Gasteiger partial charge in [-0.15, -0.1) is 0 Å². The highest BCUT2D eigenvalue weighted by Crippen LogP contribution is 2.30. The molecule has 0 aliphatic heterocycles. The minimum absolute atomic E-state index is 0.0848.